The monoisotopic (exact) mass is 373 g/mol. The molecule has 1 atom stereocenters. The maximum absolute atomic E-state index is 4.49. The minimum absolute atomic E-state index is 0.587. The number of rotatable bonds is 5. The first-order chi connectivity index (χ1) is 13.8. The largest absolute Gasteiger partial charge is 0.356 e. The van der Waals surface area contributed by atoms with E-state index in [4.69, 9.17) is 0 Å². The van der Waals surface area contributed by atoms with E-state index in [1.165, 1.54) is 17.5 Å². The molecule has 0 spiro atoms. The van der Waals surface area contributed by atoms with Crippen LogP contribution in [0.2, 0.25) is 0 Å². The molecule has 1 aliphatic heterocycles. The van der Waals surface area contributed by atoms with E-state index in [-0.39, 0.29) is 0 Å². The van der Waals surface area contributed by atoms with Crippen LogP contribution in [0, 0.1) is 0 Å². The van der Waals surface area contributed by atoms with Crippen molar-refractivity contribution in [3.05, 3.63) is 84.2 Å². The summed E-state index contributed by atoms with van der Waals surface area (Å²) in [7, 11) is 1.87. The van der Waals surface area contributed by atoms with Gasteiger partial charge >= 0.3 is 0 Å². The molecule has 4 rings (SSSR count). The number of aliphatic imine (C=N–C) groups is 1. The highest BCUT2D eigenvalue weighted by Crippen LogP contribution is 2.26. The Morgan fingerprint density at radius 1 is 1.11 bits per heavy atom. The van der Waals surface area contributed by atoms with Crippen molar-refractivity contribution in [1.82, 2.24) is 20.0 Å². The molecule has 1 fully saturated rings. The third kappa shape index (κ3) is 4.25. The molecule has 1 aliphatic rings. The van der Waals surface area contributed by atoms with Crippen molar-refractivity contribution in [1.29, 1.82) is 0 Å². The van der Waals surface area contributed by atoms with E-state index in [9.17, 15) is 0 Å². The fraction of sp³-hybridized carbons (Fsp3) is 0.304. The predicted molar refractivity (Wildman–Crippen MR) is 114 cm³/mol. The lowest BCUT2D eigenvalue weighted by Crippen LogP contribution is -2.40. The fourth-order valence-electron chi connectivity index (χ4n) is 3.81. The Labute approximate surface area is 166 Å². The van der Waals surface area contributed by atoms with Crippen LogP contribution in [0.3, 0.4) is 0 Å². The highest BCUT2D eigenvalue weighted by atomic mass is 15.3. The first-order valence-electron chi connectivity index (χ1n) is 9.93. The zero-order chi connectivity index (χ0) is 19.2. The number of nitrogens with one attached hydrogen (secondary N) is 1. The molecule has 0 aliphatic carbocycles. The molecule has 1 unspecified atom stereocenters. The summed E-state index contributed by atoms with van der Waals surface area (Å²) >= 11 is 0. The normalized spacial score (nSPS) is 17.1. The lowest BCUT2D eigenvalue weighted by atomic mass is 9.99. The van der Waals surface area contributed by atoms with Gasteiger partial charge in [0, 0.05) is 38.8 Å². The van der Waals surface area contributed by atoms with Crippen molar-refractivity contribution in [3.8, 4) is 5.69 Å². The van der Waals surface area contributed by atoms with Gasteiger partial charge in [0.15, 0.2) is 5.96 Å². The number of hydrogen-bond donors (Lipinski definition) is 1. The first-order valence-corrected chi connectivity index (χ1v) is 9.93. The highest BCUT2D eigenvalue weighted by Gasteiger charge is 2.25. The number of nitrogens with zero attached hydrogens (tertiary/aromatic N) is 4. The molecular formula is C23H27N5. The van der Waals surface area contributed by atoms with Crippen molar-refractivity contribution in [3.63, 3.8) is 0 Å². The van der Waals surface area contributed by atoms with E-state index in [1.54, 1.807) is 0 Å². The van der Waals surface area contributed by atoms with Gasteiger partial charge in [0.25, 0.3) is 0 Å². The van der Waals surface area contributed by atoms with E-state index in [0.29, 0.717) is 5.92 Å². The summed E-state index contributed by atoms with van der Waals surface area (Å²) in [6.07, 6.45) is 6.14. The Balaban J connectivity index is 1.29. The molecule has 3 aromatic rings. The Bertz CT molecular complexity index is 901. The minimum Gasteiger partial charge on any atom is -0.356 e. The third-order valence-corrected chi connectivity index (χ3v) is 5.32. The topological polar surface area (TPSA) is 45.5 Å². The van der Waals surface area contributed by atoms with Crippen LogP contribution in [-0.4, -0.2) is 47.3 Å². The molecule has 28 heavy (non-hydrogen) atoms. The molecule has 0 saturated carbocycles. The molecular weight excluding hydrogens is 346 g/mol. The van der Waals surface area contributed by atoms with E-state index >= 15 is 0 Å². The maximum atomic E-state index is 4.49. The number of hydrogen-bond acceptors (Lipinski definition) is 2. The molecule has 1 aromatic heterocycles. The van der Waals surface area contributed by atoms with Crippen molar-refractivity contribution in [2.45, 2.75) is 18.8 Å². The van der Waals surface area contributed by atoms with Gasteiger partial charge in [0.1, 0.15) is 0 Å². The summed E-state index contributed by atoms with van der Waals surface area (Å²) in [5.74, 6) is 1.58. The van der Waals surface area contributed by atoms with E-state index in [0.717, 1.165) is 37.7 Å². The summed E-state index contributed by atoms with van der Waals surface area (Å²) < 4.78 is 1.93. The summed E-state index contributed by atoms with van der Waals surface area (Å²) in [6.45, 7) is 2.92. The summed E-state index contributed by atoms with van der Waals surface area (Å²) in [4.78, 5) is 6.86. The van der Waals surface area contributed by atoms with Gasteiger partial charge in [-0.25, -0.2) is 4.68 Å². The Morgan fingerprint density at radius 2 is 1.86 bits per heavy atom. The summed E-state index contributed by atoms with van der Waals surface area (Å²) in [6, 6.07) is 21.0. The molecule has 1 saturated heterocycles. The number of aromatic nitrogens is 2. The van der Waals surface area contributed by atoms with Crippen LogP contribution >= 0.6 is 0 Å². The van der Waals surface area contributed by atoms with E-state index in [2.05, 4.69) is 69.0 Å². The zero-order valence-corrected chi connectivity index (χ0v) is 16.3. The minimum atomic E-state index is 0.587. The van der Waals surface area contributed by atoms with Crippen molar-refractivity contribution < 1.29 is 0 Å². The van der Waals surface area contributed by atoms with Gasteiger partial charge in [-0.1, -0.05) is 48.5 Å². The Hall–Kier alpha value is -3.08. The fourth-order valence-corrected chi connectivity index (χ4v) is 3.81. The predicted octanol–water partition coefficient (Wildman–Crippen LogP) is 3.48. The van der Waals surface area contributed by atoms with Crippen molar-refractivity contribution in [2.75, 3.05) is 26.7 Å². The van der Waals surface area contributed by atoms with Crippen LogP contribution < -0.4 is 5.32 Å². The molecule has 0 radical (unpaired) electrons. The van der Waals surface area contributed by atoms with Crippen LogP contribution in [0.4, 0.5) is 0 Å². The quantitative estimate of drug-likeness (QED) is 0.550. The van der Waals surface area contributed by atoms with Gasteiger partial charge in [0.05, 0.1) is 11.9 Å². The van der Waals surface area contributed by atoms with Gasteiger partial charge < -0.3 is 10.2 Å². The van der Waals surface area contributed by atoms with Crippen molar-refractivity contribution in [2.24, 2.45) is 4.99 Å². The molecule has 1 N–H and O–H groups in total. The van der Waals surface area contributed by atoms with Crippen LogP contribution in [0.1, 0.15) is 23.5 Å². The molecule has 0 amide bonds. The Morgan fingerprint density at radius 3 is 2.61 bits per heavy atom. The summed E-state index contributed by atoms with van der Waals surface area (Å²) in [5, 5.41) is 7.99. The highest BCUT2D eigenvalue weighted by molar-refractivity contribution is 5.80. The summed E-state index contributed by atoms with van der Waals surface area (Å²) in [5.41, 5.74) is 3.73. The van der Waals surface area contributed by atoms with E-state index < -0.39 is 0 Å². The lowest BCUT2D eigenvalue weighted by Gasteiger charge is -2.21. The number of guanidine groups is 1. The van der Waals surface area contributed by atoms with Gasteiger partial charge in [-0.05, 0) is 36.1 Å². The van der Waals surface area contributed by atoms with Gasteiger partial charge in [-0.3, -0.25) is 4.99 Å². The molecule has 2 heterocycles. The van der Waals surface area contributed by atoms with E-state index in [1.807, 2.05) is 36.1 Å². The Kier molecular flexibility index (Phi) is 5.71. The SMILES string of the molecule is CN=C(NCCc1cnn(-c2ccccc2)c1)N1CCC(c2ccccc2)C1. The van der Waals surface area contributed by atoms with Gasteiger partial charge in [0.2, 0.25) is 0 Å². The average Bonchev–Trinajstić information content (AvgIpc) is 3.43. The number of para-hydroxylation sites is 1. The van der Waals surface area contributed by atoms with Gasteiger partial charge in [-0.15, -0.1) is 0 Å². The van der Waals surface area contributed by atoms with Crippen LogP contribution in [0.15, 0.2) is 78.0 Å². The van der Waals surface area contributed by atoms with Crippen molar-refractivity contribution >= 4 is 5.96 Å². The average molecular weight is 374 g/mol. The molecule has 2 aromatic carbocycles. The third-order valence-electron chi connectivity index (χ3n) is 5.32. The zero-order valence-electron chi connectivity index (χ0n) is 16.3. The first kappa shape index (κ1) is 18.3. The molecule has 5 nitrogen and oxygen atoms in total. The molecule has 5 heteroatoms. The van der Waals surface area contributed by atoms with Crippen LogP contribution in [-0.2, 0) is 6.42 Å². The number of benzene rings is 2. The van der Waals surface area contributed by atoms with Gasteiger partial charge in [-0.2, -0.15) is 5.10 Å². The van der Waals surface area contributed by atoms with Crippen LogP contribution in [0.5, 0.6) is 0 Å². The lowest BCUT2D eigenvalue weighted by molar-refractivity contribution is 0.486. The second-order valence-corrected chi connectivity index (χ2v) is 7.19. The standard InChI is InChI=1S/C23H27N5/c1-24-23(27-15-13-21(18-27)20-8-4-2-5-9-20)25-14-12-19-16-26-28(17-19)22-10-6-3-7-11-22/h2-11,16-17,21H,12-15,18H2,1H3,(H,24,25). The maximum Gasteiger partial charge on any atom is 0.193 e. The number of likely N-dealkylation sites (tertiary alicyclic amines) is 1. The second kappa shape index (κ2) is 8.74. The smallest absolute Gasteiger partial charge is 0.193 e. The molecule has 0 bridgehead atoms. The van der Waals surface area contributed by atoms with Crippen LogP contribution in [0.25, 0.3) is 5.69 Å². The molecule has 144 valence electrons. The second-order valence-electron chi connectivity index (χ2n) is 7.19.